The van der Waals surface area contributed by atoms with Crippen molar-refractivity contribution in [2.24, 2.45) is 11.5 Å². The fourth-order valence-corrected chi connectivity index (χ4v) is 3.99. The van der Waals surface area contributed by atoms with Crippen molar-refractivity contribution in [3.8, 4) is 16.9 Å². The number of aromatic nitrogens is 3. The molecule has 4 aromatic rings. The van der Waals surface area contributed by atoms with Gasteiger partial charge in [-0.25, -0.2) is 4.98 Å². The minimum atomic E-state index is -5.06. The van der Waals surface area contributed by atoms with Crippen LogP contribution in [0.1, 0.15) is 32.2 Å². The lowest BCUT2D eigenvalue weighted by Crippen LogP contribution is -2.21. The number of amides is 3. The van der Waals surface area contributed by atoms with Crippen molar-refractivity contribution in [1.29, 1.82) is 0 Å². The van der Waals surface area contributed by atoms with Crippen molar-refractivity contribution in [1.82, 2.24) is 14.8 Å². The van der Waals surface area contributed by atoms with Crippen molar-refractivity contribution in [2.45, 2.75) is 19.6 Å². The SMILES string of the molecule is Cc1c(-c2c(C(N)=O)nc3ccccc3c2C(N)=O)c(C(F)(F)F)nn1CC(=O)Nc1ccccc1O. The van der Waals surface area contributed by atoms with E-state index in [2.05, 4.69) is 15.4 Å². The van der Waals surface area contributed by atoms with Crippen LogP contribution in [0, 0.1) is 6.92 Å². The van der Waals surface area contributed by atoms with Crippen molar-refractivity contribution in [3.05, 3.63) is 71.2 Å². The van der Waals surface area contributed by atoms with Gasteiger partial charge in [0.1, 0.15) is 18.0 Å². The summed E-state index contributed by atoms with van der Waals surface area (Å²) in [5, 5.41) is 15.9. The van der Waals surface area contributed by atoms with Gasteiger partial charge in [0.15, 0.2) is 5.69 Å². The standard InChI is InChI=1S/C24H19F3N6O4/c1-11-17(19-18(22(28)36)12-6-2-3-7-13(12)31-20(19)23(29)37)21(24(25,26)27)32-33(11)10-16(35)30-14-8-4-5-9-15(14)34/h2-9,34H,10H2,1H3,(H2,28,36)(H2,29,37)(H,30,35). The third-order valence-corrected chi connectivity index (χ3v) is 5.57. The monoisotopic (exact) mass is 512 g/mol. The number of nitrogens with two attached hydrogens (primary N) is 2. The molecular formula is C24H19F3N6O4. The number of aromatic hydroxyl groups is 1. The van der Waals surface area contributed by atoms with Crippen LogP contribution in [0.3, 0.4) is 0 Å². The Morgan fingerprint density at radius 3 is 2.27 bits per heavy atom. The minimum absolute atomic E-state index is 0.0411. The molecule has 6 N–H and O–H groups in total. The highest BCUT2D eigenvalue weighted by Crippen LogP contribution is 2.42. The maximum atomic E-state index is 14.2. The van der Waals surface area contributed by atoms with Crippen LogP contribution in [-0.4, -0.2) is 37.6 Å². The van der Waals surface area contributed by atoms with Crippen molar-refractivity contribution < 1.29 is 32.7 Å². The summed E-state index contributed by atoms with van der Waals surface area (Å²) in [5.41, 5.74) is 7.31. The molecule has 0 unspecified atom stereocenters. The van der Waals surface area contributed by atoms with E-state index < -0.39 is 58.5 Å². The molecule has 0 saturated heterocycles. The summed E-state index contributed by atoms with van der Waals surface area (Å²) in [6.45, 7) is 0.539. The molecule has 0 aliphatic rings. The van der Waals surface area contributed by atoms with Gasteiger partial charge in [-0.05, 0) is 25.1 Å². The molecule has 0 aliphatic carbocycles. The van der Waals surface area contributed by atoms with Crippen LogP contribution < -0.4 is 16.8 Å². The number of halogens is 3. The molecule has 0 radical (unpaired) electrons. The number of hydrogen-bond acceptors (Lipinski definition) is 6. The van der Waals surface area contributed by atoms with E-state index in [1.54, 1.807) is 6.07 Å². The summed E-state index contributed by atoms with van der Waals surface area (Å²) < 4.78 is 43.3. The first-order chi connectivity index (χ1) is 17.4. The van der Waals surface area contributed by atoms with Crippen molar-refractivity contribution in [2.75, 3.05) is 5.32 Å². The Hall–Kier alpha value is -4.94. The molecular weight excluding hydrogens is 493 g/mol. The number of phenols is 1. The number of hydrogen-bond donors (Lipinski definition) is 4. The molecule has 0 fully saturated rings. The van der Waals surface area contributed by atoms with E-state index in [4.69, 9.17) is 11.5 Å². The number of nitrogens with one attached hydrogen (secondary N) is 1. The normalized spacial score (nSPS) is 11.5. The molecule has 3 amide bonds. The predicted molar refractivity (Wildman–Crippen MR) is 126 cm³/mol. The number of primary amides is 2. The Labute approximate surface area is 206 Å². The highest BCUT2D eigenvalue weighted by Gasteiger charge is 2.41. The van der Waals surface area contributed by atoms with Crippen LogP contribution in [0.15, 0.2) is 48.5 Å². The third-order valence-electron chi connectivity index (χ3n) is 5.57. The lowest BCUT2D eigenvalue weighted by Gasteiger charge is -2.16. The molecule has 10 nitrogen and oxygen atoms in total. The second kappa shape index (κ2) is 9.26. The molecule has 0 bridgehead atoms. The molecule has 2 heterocycles. The van der Waals surface area contributed by atoms with Crippen LogP contribution in [0.25, 0.3) is 22.0 Å². The first-order valence-electron chi connectivity index (χ1n) is 10.6. The lowest BCUT2D eigenvalue weighted by atomic mass is 9.92. The zero-order chi connectivity index (χ0) is 27.1. The molecule has 0 atom stereocenters. The third kappa shape index (κ3) is 4.66. The van der Waals surface area contributed by atoms with Crippen LogP contribution in [0.5, 0.6) is 5.75 Å². The Morgan fingerprint density at radius 1 is 1.00 bits per heavy atom. The maximum absolute atomic E-state index is 14.2. The number of para-hydroxylation sites is 3. The van der Waals surface area contributed by atoms with Crippen LogP contribution in [0.4, 0.5) is 18.9 Å². The average Bonchev–Trinajstić information content (AvgIpc) is 3.15. The zero-order valence-corrected chi connectivity index (χ0v) is 19.1. The van der Waals surface area contributed by atoms with Gasteiger partial charge >= 0.3 is 6.18 Å². The lowest BCUT2D eigenvalue weighted by molar-refractivity contribution is -0.141. The van der Waals surface area contributed by atoms with Gasteiger partial charge < -0.3 is 21.9 Å². The fraction of sp³-hybridized carbons (Fsp3) is 0.125. The number of fused-ring (bicyclic) bond motifs is 1. The first kappa shape index (κ1) is 25.2. The van der Waals surface area contributed by atoms with E-state index in [-0.39, 0.29) is 28.0 Å². The molecule has 2 aromatic carbocycles. The van der Waals surface area contributed by atoms with E-state index >= 15 is 0 Å². The van der Waals surface area contributed by atoms with Crippen molar-refractivity contribution in [3.63, 3.8) is 0 Å². The van der Waals surface area contributed by atoms with E-state index in [1.165, 1.54) is 49.4 Å². The Balaban J connectivity index is 1.95. The largest absolute Gasteiger partial charge is 0.506 e. The Morgan fingerprint density at radius 2 is 1.65 bits per heavy atom. The summed E-state index contributed by atoms with van der Waals surface area (Å²) in [4.78, 5) is 41.5. The van der Waals surface area contributed by atoms with E-state index in [9.17, 15) is 32.7 Å². The molecule has 0 spiro atoms. The predicted octanol–water partition coefficient (Wildman–Crippen LogP) is 2.97. The van der Waals surface area contributed by atoms with Gasteiger partial charge in [0.05, 0.1) is 16.8 Å². The number of carbonyl (C=O) groups excluding carboxylic acids is 3. The summed E-state index contributed by atoms with van der Waals surface area (Å²) in [5.74, 6) is -3.35. The molecule has 4 rings (SSSR count). The number of alkyl halides is 3. The van der Waals surface area contributed by atoms with Gasteiger partial charge in [0.25, 0.3) is 5.91 Å². The number of nitrogens with zero attached hydrogens (tertiary/aromatic N) is 3. The summed E-state index contributed by atoms with van der Waals surface area (Å²) in [6.07, 6.45) is -5.06. The van der Waals surface area contributed by atoms with Crippen LogP contribution in [0.2, 0.25) is 0 Å². The number of anilines is 1. The number of rotatable bonds is 6. The molecule has 2 aromatic heterocycles. The first-order valence-corrected chi connectivity index (χ1v) is 10.6. The van der Waals surface area contributed by atoms with E-state index in [0.29, 0.717) is 0 Å². The smallest absolute Gasteiger partial charge is 0.435 e. The van der Waals surface area contributed by atoms with Gasteiger partial charge in [-0.15, -0.1) is 0 Å². The molecule has 0 saturated carbocycles. The fourth-order valence-electron chi connectivity index (χ4n) is 3.99. The maximum Gasteiger partial charge on any atom is 0.435 e. The zero-order valence-electron chi connectivity index (χ0n) is 19.1. The highest BCUT2D eigenvalue weighted by molar-refractivity contribution is 6.15. The van der Waals surface area contributed by atoms with Gasteiger partial charge in [-0.2, -0.15) is 18.3 Å². The molecule has 37 heavy (non-hydrogen) atoms. The van der Waals surface area contributed by atoms with Gasteiger partial charge in [-0.1, -0.05) is 30.3 Å². The second-order valence-corrected chi connectivity index (χ2v) is 7.99. The van der Waals surface area contributed by atoms with E-state index in [1.807, 2.05) is 0 Å². The van der Waals surface area contributed by atoms with Gasteiger partial charge in [-0.3, -0.25) is 19.1 Å². The minimum Gasteiger partial charge on any atom is -0.506 e. The second-order valence-electron chi connectivity index (χ2n) is 7.99. The van der Waals surface area contributed by atoms with Crippen LogP contribution in [-0.2, 0) is 17.5 Å². The number of carbonyl (C=O) groups is 3. The number of pyridine rings is 1. The highest BCUT2D eigenvalue weighted by atomic mass is 19.4. The Bertz CT molecular complexity index is 1580. The van der Waals surface area contributed by atoms with E-state index in [0.717, 1.165) is 4.68 Å². The molecule has 190 valence electrons. The average molecular weight is 512 g/mol. The van der Waals surface area contributed by atoms with Crippen LogP contribution >= 0.6 is 0 Å². The summed E-state index contributed by atoms with van der Waals surface area (Å²) in [6, 6.07) is 11.7. The van der Waals surface area contributed by atoms with Crippen molar-refractivity contribution >= 4 is 34.3 Å². The number of benzene rings is 2. The summed E-state index contributed by atoms with van der Waals surface area (Å²) >= 11 is 0. The molecule has 0 aliphatic heterocycles. The number of phenolic OH excluding ortho intramolecular Hbond substituents is 1. The van der Waals surface area contributed by atoms with Gasteiger partial charge in [0.2, 0.25) is 11.8 Å². The quantitative estimate of drug-likeness (QED) is 0.290. The summed E-state index contributed by atoms with van der Waals surface area (Å²) in [7, 11) is 0. The Kier molecular flexibility index (Phi) is 6.30. The van der Waals surface area contributed by atoms with Gasteiger partial charge in [0, 0.05) is 22.2 Å². The topological polar surface area (TPSA) is 166 Å². The molecule has 13 heteroatoms.